The molecule has 0 unspecified atom stereocenters. The van der Waals surface area contributed by atoms with E-state index in [1.165, 1.54) is 11.8 Å². The highest BCUT2D eigenvalue weighted by Crippen LogP contribution is 2.26. The Kier molecular flexibility index (Phi) is 4.86. The van der Waals surface area contributed by atoms with Crippen LogP contribution in [0, 0.1) is 11.3 Å². The average molecular weight is 353 g/mol. The quantitative estimate of drug-likeness (QED) is 0.708. The first kappa shape index (κ1) is 16.8. The van der Waals surface area contributed by atoms with Gasteiger partial charge in [-0.1, -0.05) is 11.8 Å². The number of benzene rings is 1. The molecule has 8 heteroatoms. The number of nitriles is 1. The smallest absolute Gasteiger partial charge is 0.237 e. The summed E-state index contributed by atoms with van der Waals surface area (Å²) < 4.78 is 7.12. The summed E-state index contributed by atoms with van der Waals surface area (Å²) in [7, 11) is 1.82. The molecule has 25 heavy (non-hydrogen) atoms. The second-order valence-electron chi connectivity index (χ2n) is 5.28. The molecule has 0 saturated heterocycles. The van der Waals surface area contributed by atoms with Gasteiger partial charge in [0.25, 0.3) is 0 Å². The van der Waals surface area contributed by atoms with E-state index in [1.54, 1.807) is 54.2 Å². The number of anilines is 1. The van der Waals surface area contributed by atoms with E-state index >= 15 is 0 Å². The Bertz CT molecular complexity index is 910. The van der Waals surface area contributed by atoms with E-state index in [2.05, 4.69) is 15.5 Å². The van der Waals surface area contributed by atoms with Crippen molar-refractivity contribution in [1.82, 2.24) is 14.8 Å². The van der Waals surface area contributed by atoms with Crippen LogP contribution in [-0.2, 0) is 11.8 Å². The molecule has 1 aromatic carbocycles. The third kappa shape index (κ3) is 3.72. The van der Waals surface area contributed by atoms with E-state index in [0.717, 1.165) is 0 Å². The fraction of sp³-hybridized carbons (Fsp3) is 0.176. The molecule has 1 amide bonds. The van der Waals surface area contributed by atoms with E-state index < -0.39 is 0 Å². The topological polar surface area (TPSA) is 96.7 Å². The van der Waals surface area contributed by atoms with Gasteiger partial charge in [-0.05, 0) is 43.3 Å². The number of amides is 1. The normalized spacial score (nSPS) is 11.7. The van der Waals surface area contributed by atoms with Crippen LogP contribution in [0.3, 0.4) is 0 Å². The summed E-state index contributed by atoms with van der Waals surface area (Å²) in [5.41, 5.74) is 1.19. The van der Waals surface area contributed by atoms with Crippen LogP contribution < -0.4 is 5.32 Å². The molecule has 3 aromatic rings. The Morgan fingerprint density at radius 3 is 2.72 bits per heavy atom. The molecular formula is C17H15N5O2S. The van der Waals surface area contributed by atoms with Crippen LogP contribution in [-0.4, -0.2) is 25.9 Å². The summed E-state index contributed by atoms with van der Waals surface area (Å²) >= 11 is 1.31. The summed E-state index contributed by atoms with van der Waals surface area (Å²) in [6, 6.07) is 12.3. The summed E-state index contributed by atoms with van der Waals surface area (Å²) in [6.45, 7) is 1.80. The van der Waals surface area contributed by atoms with Crippen LogP contribution >= 0.6 is 11.8 Å². The van der Waals surface area contributed by atoms with Crippen molar-refractivity contribution < 1.29 is 9.21 Å². The minimum atomic E-state index is -0.372. The number of thioether (sulfide) groups is 1. The molecular weight excluding hydrogens is 338 g/mol. The van der Waals surface area contributed by atoms with Crippen LogP contribution in [0.5, 0.6) is 0 Å². The molecule has 0 fully saturated rings. The lowest BCUT2D eigenvalue weighted by Crippen LogP contribution is -2.22. The maximum Gasteiger partial charge on any atom is 0.237 e. The van der Waals surface area contributed by atoms with E-state index in [1.807, 2.05) is 13.1 Å². The van der Waals surface area contributed by atoms with Crippen molar-refractivity contribution in [1.29, 1.82) is 5.26 Å². The molecule has 0 bridgehead atoms. The molecule has 3 rings (SSSR count). The maximum absolute atomic E-state index is 12.3. The molecule has 2 aromatic heterocycles. The first-order chi connectivity index (χ1) is 12.1. The summed E-state index contributed by atoms with van der Waals surface area (Å²) in [5, 5.41) is 20.1. The summed E-state index contributed by atoms with van der Waals surface area (Å²) in [4.78, 5) is 12.3. The number of rotatable bonds is 5. The van der Waals surface area contributed by atoms with Crippen LogP contribution in [0.4, 0.5) is 5.69 Å². The SMILES string of the molecule is C[C@H](Sc1nnc(-c2ccco2)n1C)C(=O)Nc1ccc(C#N)cc1. The van der Waals surface area contributed by atoms with E-state index in [9.17, 15) is 4.79 Å². The lowest BCUT2D eigenvalue weighted by atomic mass is 10.2. The molecule has 7 nitrogen and oxygen atoms in total. The number of aromatic nitrogens is 3. The van der Waals surface area contributed by atoms with Gasteiger partial charge in [0.15, 0.2) is 16.7 Å². The Labute approximate surface area is 148 Å². The summed E-state index contributed by atoms with van der Waals surface area (Å²) in [5.74, 6) is 1.07. The van der Waals surface area contributed by atoms with E-state index in [4.69, 9.17) is 9.68 Å². The molecule has 0 spiro atoms. The van der Waals surface area contributed by atoms with Gasteiger partial charge >= 0.3 is 0 Å². The minimum Gasteiger partial charge on any atom is -0.461 e. The minimum absolute atomic E-state index is 0.155. The van der Waals surface area contributed by atoms with Gasteiger partial charge < -0.3 is 14.3 Å². The van der Waals surface area contributed by atoms with Crippen molar-refractivity contribution >= 4 is 23.4 Å². The Balaban J connectivity index is 1.66. The molecule has 2 heterocycles. The van der Waals surface area contributed by atoms with Gasteiger partial charge in [-0.15, -0.1) is 10.2 Å². The number of furan rings is 1. The molecule has 126 valence electrons. The lowest BCUT2D eigenvalue weighted by molar-refractivity contribution is -0.115. The number of carbonyl (C=O) groups is 1. The van der Waals surface area contributed by atoms with Crippen molar-refractivity contribution in [3.63, 3.8) is 0 Å². The third-order valence-electron chi connectivity index (χ3n) is 3.51. The zero-order valence-electron chi connectivity index (χ0n) is 13.6. The third-order valence-corrected chi connectivity index (χ3v) is 4.64. The summed E-state index contributed by atoms with van der Waals surface area (Å²) in [6.07, 6.45) is 1.57. The van der Waals surface area contributed by atoms with Gasteiger partial charge in [0, 0.05) is 12.7 Å². The van der Waals surface area contributed by atoms with E-state index in [-0.39, 0.29) is 11.2 Å². The Morgan fingerprint density at radius 2 is 2.08 bits per heavy atom. The van der Waals surface area contributed by atoms with Gasteiger partial charge in [-0.3, -0.25) is 4.79 Å². The fourth-order valence-electron chi connectivity index (χ4n) is 2.12. The van der Waals surface area contributed by atoms with Gasteiger partial charge in [0.05, 0.1) is 23.1 Å². The molecule has 0 aliphatic carbocycles. The first-order valence-electron chi connectivity index (χ1n) is 7.49. The predicted octanol–water partition coefficient (Wildman–Crippen LogP) is 3.07. The second-order valence-corrected chi connectivity index (χ2v) is 6.59. The van der Waals surface area contributed by atoms with Gasteiger partial charge in [0.1, 0.15) is 0 Å². The van der Waals surface area contributed by atoms with Crippen molar-refractivity contribution in [2.24, 2.45) is 7.05 Å². The first-order valence-corrected chi connectivity index (χ1v) is 8.37. The van der Waals surface area contributed by atoms with Crippen molar-refractivity contribution in [3.8, 4) is 17.7 Å². The predicted molar refractivity (Wildman–Crippen MR) is 93.8 cm³/mol. The number of hydrogen-bond donors (Lipinski definition) is 1. The average Bonchev–Trinajstić information content (AvgIpc) is 3.26. The molecule has 0 aliphatic heterocycles. The number of nitrogens with one attached hydrogen (secondary N) is 1. The van der Waals surface area contributed by atoms with Crippen LogP contribution in [0.1, 0.15) is 12.5 Å². The Morgan fingerprint density at radius 1 is 1.32 bits per heavy atom. The highest BCUT2D eigenvalue weighted by molar-refractivity contribution is 8.00. The van der Waals surface area contributed by atoms with Crippen molar-refractivity contribution in [2.75, 3.05) is 5.32 Å². The fourth-order valence-corrected chi connectivity index (χ4v) is 2.94. The highest BCUT2D eigenvalue weighted by Gasteiger charge is 2.20. The largest absolute Gasteiger partial charge is 0.461 e. The van der Waals surface area contributed by atoms with Crippen LogP contribution in [0.25, 0.3) is 11.6 Å². The molecule has 1 atom stereocenters. The molecule has 0 saturated carbocycles. The van der Waals surface area contributed by atoms with Crippen LogP contribution in [0.15, 0.2) is 52.2 Å². The van der Waals surface area contributed by atoms with Gasteiger partial charge in [-0.25, -0.2) is 0 Å². The zero-order valence-corrected chi connectivity index (χ0v) is 14.4. The number of hydrogen-bond acceptors (Lipinski definition) is 6. The van der Waals surface area contributed by atoms with Crippen LogP contribution in [0.2, 0.25) is 0 Å². The lowest BCUT2D eigenvalue weighted by Gasteiger charge is -2.11. The van der Waals surface area contributed by atoms with E-state index in [0.29, 0.717) is 28.0 Å². The second kappa shape index (κ2) is 7.23. The monoisotopic (exact) mass is 353 g/mol. The zero-order chi connectivity index (χ0) is 17.8. The van der Waals surface area contributed by atoms with Gasteiger partial charge in [-0.2, -0.15) is 5.26 Å². The molecule has 1 N–H and O–H groups in total. The highest BCUT2D eigenvalue weighted by atomic mass is 32.2. The molecule has 0 radical (unpaired) electrons. The van der Waals surface area contributed by atoms with Gasteiger partial charge in [0.2, 0.25) is 5.91 Å². The standard InChI is InChI=1S/C17H15N5O2S/c1-11(16(23)19-13-7-5-12(10-18)6-8-13)25-17-21-20-15(22(17)2)14-4-3-9-24-14/h3-9,11H,1-2H3,(H,19,23)/t11-/m0/s1. The molecule has 0 aliphatic rings. The number of nitrogens with zero attached hydrogens (tertiary/aromatic N) is 4. The number of carbonyl (C=O) groups excluding carboxylic acids is 1. The van der Waals surface area contributed by atoms with Crippen molar-refractivity contribution in [3.05, 3.63) is 48.2 Å². The van der Waals surface area contributed by atoms with Crippen molar-refractivity contribution in [2.45, 2.75) is 17.3 Å². The Hall–Kier alpha value is -3.05. The maximum atomic E-state index is 12.3.